The summed E-state index contributed by atoms with van der Waals surface area (Å²) in [4.78, 5) is 24.8. The first-order valence-electron chi connectivity index (χ1n) is 10.1. The summed E-state index contributed by atoms with van der Waals surface area (Å²) < 4.78 is 38.5. The Labute approximate surface area is 191 Å². The number of ether oxygens (including phenoxy) is 1. The molecule has 4 aromatic rings. The molecule has 33 heavy (non-hydrogen) atoms. The lowest BCUT2D eigenvalue weighted by molar-refractivity contribution is 0.0468. The summed E-state index contributed by atoms with van der Waals surface area (Å²) in [5.41, 5.74) is 2.51. The van der Waals surface area contributed by atoms with E-state index in [9.17, 15) is 18.0 Å². The first-order valence-corrected chi connectivity index (χ1v) is 11.6. The summed E-state index contributed by atoms with van der Waals surface area (Å²) in [5, 5.41) is 0.783. The lowest BCUT2D eigenvalue weighted by Crippen LogP contribution is -2.15. The van der Waals surface area contributed by atoms with Gasteiger partial charge in [-0.1, -0.05) is 30.3 Å². The maximum absolute atomic E-state index is 12.7. The van der Waals surface area contributed by atoms with Crippen LogP contribution < -0.4 is 4.72 Å². The SMILES string of the molecule is Cc1ccc(C)c(S(=O)(=O)Nc2ccc(C(=O)OCC(=O)c3cc4ccccc4o3)cc2)c1. The molecular formula is C25H21NO6S. The molecule has 168 valence electrons. The van der Waals surface area contributed by atoms with Gasteiger partial charge in [0.15, 0.2) is 12.4 Å². The van der Waals surface area contributed by atoms with E-state index in [1.54, 1.807) is 37.3 Å². The molecule has 0 aliphatic rings. The number of carbonyl (C=O) groups is 2. The molecule has 0 spiro atoms. The molecule has 0 amide bonds. The molecule has 0 radical (unpaired) electrons. The quantitative estimate of drug-likeness (QED) is 0.309. The van der Waals surface area contributed by atoms with Crippen LogP contribution in [0.2, 0.25) is 0 Å². The van der Waals surface area contributed by atoms with Crippen LogP contribution >= 0.6 is 0 Å². The zero-order chi connectivity index (χ0) is 23.6. The summed E-state index contributed by atoms with van der Waals surface area (Å²) >= 11 is 0. The van der Waals surface area contributed by atoms with Gasteiger partial charge in [0, 0.05) is 11.1 Å². The molecule has 3 aromatic carbocycles. The van der Waals surface area contributed by atoms with Gasteiger partial charge in [-0.3, -0.25) is 9.52 Å². The van der Waals surface area contributed by atoms with Crippen molar-refractivity contribution in [2.75, 3.05) is 11.3 Å². The molecule has 7 nitrogen and oxygen atoms in total. The minimum atomic E-state index is -3.78. The van der Waals surface area contributed by atoms with Crippen LogP contribution in [0.15, 0.2) is 82.1 Å². The molecule has 1 heterocycles. The molecule has 0 unspecified atom stereocenters. The number of ketones is 1. The Bertz CT molecular complexity index is 1420. The van der Waals surface area contributed by atoms with Crippen LogP contribution in [0.3, 0.4) is 0 Å². The van der Waals surface area contributed by atoms with E-state index in [1.165, 1.54) is 24.3 Å². The number of para-hydroxylation sites is 1. The minimum absolute atomic E-state index is 0.111. The number of carbonyl (C=O) groups excluding carboxylic acids is 2. The van der Waals surface area contributed by atoms with Crippen LogP contribution in [0, 0.1) is 13.8 Å². The molecule has 4 rings (SSSR count). The van der Waals surface area contributed by atoms with Crippen LogP contribution in [-0.2, 0) is 14.8 Å². The predicted octanol–water partition coefficient (Wildman–Crippen LogP) is 4.89. The number of rotatable bonds is 7. The Hall–Kier alpha value is -3.91. The molecular weight excluding hydrogens is 442 g/mol. The van der Waals surface area contributed by atoms with Gasteiger partial charge in [-0.15, -0.1) is 0 Å². The highest BCUT2D eigenvalue weighted by Crippen LogP contribution is 2.22. The van der Waals surface area contributed by atoms with E-state index in [1.807, 2.05) is 25.1 Å². The highest BCUT2D eigenvalue weighted by atomic mass is 32.2. The molecule has 0 aliphatic heterocycles. The molecule has 8 heteroatoms. The smallest absolute Gasteiger partial charge is 0.338 e. The molecule has 0 bridgehead atoms. The molecule has 1 aromatic heterocycles. The largest absolute Gasteiger partial charge is 0.454 e. The second-order valence-electron chi connectivity index (χ2n) is 7.60. The van der Waals surface area contributed by atoms with Crippen molar-refractivity contribution in [2.45, 2.75) is 18.7 Å². The van der Waals surface area contributed by atoms with E-state index in [2.05, 4.69) is 4.72 Å². The Balaban J connectivity index is 1.39. The van der Waals surface area contributed by atoms with E-state index in [0.29, 0.717) is 16.8 Å². The summed E-state index contributed by atoms with van der Waals surface area (Å²) in [6.07, 6.45) is 0. The predicted molar refractivity (Wildman–Crippen MR) is 124 cm³/mol. The zero-order valence-electron chi connectivity index (χ0n) is 18.0. The maximum Gasteiger partial charge on any atom is 0.338 e. The highest BCUT2D eigenvalue weighted by Gasteiger charge is 2.18. The summed E-state index contributed by atoms with van der Waals surface area (Å²) in [7, 11) is -3.78. The lowest BCUT2D eigenvalue weighted by Gasteiger charge is -2.11. The number of benzene rings is 3. The first-order chi connectivity index (χ1) is 15.7. The maximum atomic E-state index is 12.7. The van der Waals surface area contributed by atoms with Crippen LogP contribution in [0.4, 0.5) is 5.69 Å². The number of sulfonamides is 1. The molecule has 0 atom stereocenters. The number of anilines is 1. The normalized spacial score (nSPS) is 11.3. The van der Waals surface area contributed by atoms with Crippen molar-refractivity contribution in [2.24, 2.45) is 0 Å². The van der Waals surface area contributed by atoms with Gasteiger partial charge in [-0.2, -0.15) is 0 Å². The fourth-order valence-corrected chi connectivity index (χ4v) is 4.68. The number of fused-ring (bicyclic) bond motifs is 1. The molecule has 0 saturated heterocycles. The Morgan fingerprint density at radius 3 is 2.39 bits per heavy atom. The third-order valence-electron chi connectivity index (χ3n) is 5.04. The van der Waals surface area contributed by atoms with Crippen LogP contribution in [-0.4, -0.2) is 26.8 Å². The van der Waals surface area contributed by atoms with Gasteiger partial charge >= 0.3 is 5.97 Å². The second kappa shape index (κ2) is 8.91. The molecule has 0 fully saturated rings. The van der Waals surface area contributed by atoms with Gasteiger partial charge in [0.05, 0.1) is 10.5 Å². The summed E-state index contributed by atoms with van der Waals surface area (Å²) in [6, 6.07) is 19.7. The topological polar surface area (TPSA) is 103 Å². The molecule has 0 saturated carbocycles. The van der Waals surface area contributed by atoms with Crippen molar-refractivity contribution >= 4 is 38.4 Å². The second-order valence-corrected chi connectivity index (χ2v) is 9.25. The number of nitrogens with one attached hydrogen (secondary N) is 1. The van der Waals surface area contributed by atoms with Crippen LogP contribution in [0.25, 0.3) is 11.0 Å². The fourth-order valence-electron chi connectivity index (χ4n) is 3.29. The standard InChI is InChI=1S/C25H21NO6S/c1-16-7-8-17(2)24(13-16)33(29,30)26-20-11-9-18(10-12-20)25(28)31-15-21(27)23-14-19-5-3-4-6-22(19)32-23/h3-14,26H,15H2,1-2H3. The van der Waals surface area contributed by atoms with Crippen molar-refractivity contribution in [1.29, 1.82) is 0 Å². The van der Waals surface area contributed by atoms with Gasteiger partial charge in [0.1, 0.15) is 5.58 Å². The van der Waals surface area contributed by atoms with Gasteiger partial charge < -0.3 is 9.15 Å². The van der Waals surface area contributed by atoms with Gasteiger partial charge in [0.25, 0.3) is 10.0 Å². The average Bonchev–Trinajstić information content (AvgIpc) is 3.23. The van der Waals surface area contributed by atoms with E-state index in [0.717, 1.165) is 10.9 Å². The summed E-state index contributed by atoms with van der Waals surface area (Å²) in [5.74, 6) is -1.05. The number of esters is 1. The first kappa shape index (κ1) is 22.3. The number of furan rings is 1. The van der Waals surface area contributed by atoms with E-state index in [4.69, 9.17) is 9.15 Å². The van der Waals surface area contributed by atoms with Crippen molar-refractivity contribution in [3.63, 3.8) is 0 Å². The highest BCUT2D eigenvalue weighted by molar-refractivity contribution is 7.92. The minimum Gasteiger partial charge on any atom is -0.454 e. The van der Waals surface area contributed by atoms with E-state index >= 15 is 0 Å². The number of aryl methyl sites for hydroxylation is 2. The molecule has 0 aliphatic carbocycles. The van der Waals surface area contributed by atoms with Crippen molar-refractivity contribution in [1.82, 2.24) is 0 Å². The Morgan fingerprint density at radius 2 is 1.67 bits per heavy atom. The van der Waals surface area contributed by atoms with Gasteiger partial charge in [0.2, 0.25) is 5.78 Å². The van der Waals surface area contributed by atoms with E-state index < -0.39 is 28.4 Å². The van der Waals surface area contributed by atoms with Crippen LogP contribution in [0.5, 0.6) is 0 Å². The van der Waals surface area contributed by atoms with Crippen molar-refractivity contribution < 1.29 is 27.2 Å². The average molecular weight is 464 g/mol. The van der Waals surface area contributed by atoms with Gasteiger partial charge in [-0.25, -0.2) is 13.2 Å². The number of Topliss-reactive ketones (excluding diaryl/α,β-unsaturated/α-hetero) is 1. The molecule has 1 N–H and O–H groups in total. The van der Waals surface area contributed by atoms with Gasteiger partial charge in [-0.05, 0) is 67.4 Å². The number of hydrogen-bond acceptors (Lipinski definition) is 6. The monoisotopic (exact) mass is 463 g/mol. The lowest BCUT2D eigenvalue weighted by atomic mass is 10.2. The Kier molecular flexibility index (Phi) is 6.02. The number of hydrogen-bond donors (Lipinski definition) is 1. The third kappa shape index (κ3) is 4.96. The fraction of sp³-hybridized carbons (Fsp3) is 0.120. The Morgan fingerprint density at radius 1 is 0.939 bits per heavy atom. The third-order valence-corrected chi connectivity index (χ3v) is 6.56. The van der Waals surface area contributed by atoms with E-state index in [-0.39, 0.29) is 16.2 Å². The van der Waals surface area contributed by atoms with Crippen molar-refractivity contribution in [3.8, 4) is 0 Å². The van der Waals surface area contributed by atoms with Crippen LogP contribution in [0.1, 0.15) is 32.0 Å². The van der Waals surface area contributed by atoms with Crippen molar-refractivity contribution in [3.05, 3.63) is 95.2 Å². The zero-order valence-corrected chi connectivity index (χ0v) is 18.8. The summed E-state index contributed by atoms with van der Waals surface area (Å²) in [6.45, 7) is 3.07.